The minimum absolute atomic E-state index is 0.101. The Morgan fingerprint density at radius 3 is 2.39 bits per heavy atom. The van der Waals surface area contributed by atoms with E-state index in [-0.39, 0.29) is 11.9 Å². The lowest BCUT2D eigenvalue weighted by atomic mass is 10.1. The molecule has 0 bridgehead atoms. The predicted molar refractivity (Wildman–Crippen MR) is 107 cm³/mol. The van der Waals surface area contributed by atoms with Crippen LogP contribution in [0, 0.1) is 0 Å². The second kappa shape index (κ2) is 8.93. The van der Waals surface area contributed by atoms with Crippen molar-refractivity contribution < 1.29 is 22.7 Å². The van der Waals surface area contributed by atoms with Gasteiger partial charge in [-0.3, -0.25) is 4.79 Å². The van der Waals surface area contributed by atoms with E-state index < -0.39 is 16.1 Å². The lowest BCUT2D eigenvalue weighted by molar-refractivity contribution is -0.139. The van der Waals surface area contributed by atoms with E-state index >= 15 is 0 Å². The summed E-state index contributed by atoms with van der Waals surface area (Å²) in [5, 5.41) is 1.74. The summed E-state index contributed by atoms with van der Waals surface area (Å²) in [4.78, 5) is 14.4. The number of amides is 1. The van der Waals surface area contributed by atoms with Crippen LogP contribution in [0.2, 0.25) is 0 Å². The molecule has 1 atom stereocenters. The van der Waals surface area contributed by atoms with Crippen molar-refractivity contribution >= 4 is 27.3 Å². The number of likely N-dealkylation sites (tertiary alicyclic amines) is 1. The molecule has 7 nitrogen and oxygen atoms in total. The highest BCUT2D eigenvalue weighted by atomic mass is 32.2. The molecule has 1 aromatic carbocycles. The zero-order chi connectivity index (χ0) is 20.1. The van der Waals surface area contributed by atoms with Crippen molar-refractivity contribution in [1.29, 1.82) is 0 Å². The number of sulfonamides is 1. The molecule has 0 aliphatic carbocycles. The minimum Gasteiger partial charge on any atom is -0.497 e. The summed E-state index contributed by atoms with van der Waals surface area (Å²) in [5.41, 5.74) is 0. The van der Waals surface area contributed by atoms with Crippen molar-refractivity contribution in [2.75, 3.05) is 20.2 Å². The van der Waals surface area contributed by atoms with Gasteiger partial charge in [0.15, 0.2) is 6.10 Å². The predicted octanol–water partition coefficient (Wildman–Crippen LogP) is 2.49. The Bertz CT molecular complexity index is 874. The number of nitrogens with one attached hydrogen (secondary N) is 1. The lowest BCUT2D eigenvalue weighted by Crippen LogP contribution is -2.49. The molecule has 2 heterocycles. The zero-order valence-corrected chi connectivity index (χ0v) is 17.5. The van der Waals surface area contributed by atoms with E-state index in [9.17, 15) is 13.2 Å². The van der Waals surface area contributed by atoms with Crippen molar-refractivity contribution in [3.63, 3.8) is 0 Å². The third-order valence-corrected chi connectivity index (χ3v) is 7.53. The molecule has 1 amide bonds. The first-order chi connectivity index (χ1) is 13.4. The molecule has 9 heteroatoms. The van der Waals surface area contributed by atoms with Crippen LogP contribution in [0.3, 0.4) is 0 Å². The Morgan fingerprint density at radius 2 is 1.82 bits per heavy atom. The molecule has 1 fully saturated rings. The molecule has 1 aliphatic heterocycles. The van der Waals surface area contributed by atoms with Gasteiger partial charge in [-0.25, -0.2) is 13.1 Å². The Hall–Kier alpha value is -2.10. The summed E-state index contributed by atoms with van der Waals surface area (Å²) in [6.07, 6.45) is 0.532. The number of hydrogen-bond donors (Lipinski definition) is 1. The fraction of sp³-hybridized carbons (Fsp3) is 0.421. The largest absolute Gasteiger partial charge is 0.497 e. The number of piperidine rings is 1. The molecule has 1 aliphatic rings. The molecular weight excluding hydrogens is 400 g/mol. The van der Waals surface area contributed by atoms with Crippen LogP contribution in [0.1, 0.15) is 19.8 Å². The van der Waals surface area contributed by atoms with E-state index in [4.69, 9.17) is 9.47 Å². The van der Waals surface area contributed by atoms with Crippen LogP contribution in [0.5, 0.6) is 11.5 Å². The maximum atomic E-state index is 12.6. The van der Waals surface area contributed by atoms with E-state index in [1.807, 2.05) is 0 Å². The van der Waals surface area contributed by atoms with Crippen LogP contribution in [0.15, 0.2) is 46.0 Å². The average molecular weight is 425 g/mol. The van der Waals surface area contributed by atoms with E-state index in [0.29, 0.717) is 35.9 Å². The van der Waals surface area contributed by atoms with Gasteiger partial charge < -0.3 is 14.4 Å². The monoisotopic (exact) mass is 424 g/mol. The van der Waals surface area contributed by atoms with E-state index in [1.165, 1.54) is 11.3 Å². The van der Waals surface area contributed by atoms with Crippen LogP contribution in [0.4, 0.5) is 0 Å². The van der Waals surface area contributed by atoms with Gasteiger partial charge in [-0.2, -0.15) is 0 Å². The van der Waals surface area contributed by atoms with Crippen LogP contribution in [0.25, 0.3) is 0 Å². The first kappa shape index (κ1) is 20.6. The maximum Gasteiger partial charge on any atom is 0.263 e. The molecule has 1 unspecified atom stereocenters. The number of rotatable bonds is 7. The Balaban J connectivity index is 1.50. The average Bonchev–Trinajstić information content (AvgIpc) is 3.24. The summed E-state index contributed by atoms with van der Waals surface area (Å²) in [6.45, 7) is 2.71. The normalized spacial score (nSPS) is 16.6. The highest BCUT2D eigenvalue weighted by Crippen LogP contribution is 2.21. The molecule has 2 aromatic rings. The molecule has 0 spiro atoms. The maximum absolute atomic E-state index is 12.6. The smallest absolute Gasteiger partial charge is 0.263 e. The highest BCUT2D eigenvalue weighted by Gasteiger charge is 2.29. The number of thiophene rings is 1. The van der Waals surface area contributed by atoms with Gasteiger partial charge in [0.1, 0.15) is 15.7 Å². The van der Waals surface area contributed by atoms with Gasteiger partial charge in [0.25, 0.3) is 5.91 Å². The van der Waals surface area contributed by atoms with Crippen molar-refractivity contribution in [3.05, 3.63) is 41.8 Å². The minimum atomic E-state index is -3.49. The molecule has 152 valence electrons. The molecule has 1 saturated heterocycles. The van der Waals surface area contributed by atoms with Crippen molar-refractivity contribution in [2.24, 2.45) is 0 Å². The van der Waals surface area contributed by atoms with Gasteiger partial charge in [-0.15, -0.1) is 11.3 Å². The van der Waals surface area contributed by atoms with E-state index in [1.54, 1.807) is 60.7 Å². The van der Waals surface area contributed by atoms with Gasteiger partial charge in [0.2, 0.25) is 10.0 Å². The van der Waals surface area contributed by atoms with Crippen molar-refractivity contribution in [3.8, 4) is 11.5 Å². The van der Waals surface area contributed by atoms with Crippen LogP contribution >= 0.6 is 11.3 Å². The van der Waals surface area contributed by atoms with Gasteiger partial charge in [-0.05, 0) is 55.5 Å². The van der Waals surface area contributed by atoms with Gasteiger partial charge in [-0.1, -0.05) is 6.07 Å². The molecule has 28 heavy (non-hydrogen) atoms. The van der Waals surface area contributed by atoms with Crippen LogP contribution < -0.4 is 14.2 Å². The standard InChI is InChI=1S/C19H24N2O5S2/c1-14(26-17-7-5-16(25-2)6-8-17)19(22)21-11-9-15(10-12-21)20-28(23,24)18-4-3-13-27-18/h3-8,13-15,20H,9-12H2,1-2H3. The van der Waals surface area contributed by atoms with Gasteiger partial charge in [0, 0.05) is 19.1 Å². The molecular formula is C19H24N2O5S2. The number of methoxy groups -OCH3 is 1. The summed E-state index contributed by atoms with van der Waals surface area (Å²) < 4.78 is 38.5. The molecule has 0 radical (unpaired) electrons. The van der Waals surface area contributed by atoms with Crippen molar-refractivity contribution in [1.82, 2.24) is 9.62 Å². The molecule has 3 rings (SSSR count). The third-order valence-electron chi connectivity index (χ3n) is 4.61. The molecule has 1 aromatic heterocycles. The fourth-order valence-corrected chi connectivity index (χ4v) is 5.39. The summed E-state index contributed by atoms with van der Waals surface area (Å²) in [7, 11) is -1.90. The highest BCUT2D eigenvalue weighted by molar-refractivity contribution is 7.91. The van der Waals surface area contributed by atoms with Gasteiger partial charge in [0.05, 0.1) is 7.11 Å². The SMILES string of the molecule is COc1ccc(OC(C)C(=O)N2CCC(NS(=O)(=O)c3cccs3)CC2)cc1. The Labute approximate surface area is 169 Å². The lowest BCUT2D eigenvalue weighted by Gasteiger charge is -2.33. The first-order valence-corrected chi connectivity index (χ1v) is 11.4. The number of hydrogen-bond acceptors (Lipinski definition) is 6. The number of ether oxygens (including phenoxy) is 2. The molecule has 1 N–H and O–H groups in total. The van der Waals surface area contributed by atoms with Gasteiger partial charge >= 0.3 is 0 Å². The van der Waals surface area contributed by atoms with Crippen molar-refractivity contribution in [2.45, 2.75) is 36.1 Å². The Kier molecular flexibility index (Phi) is 6.58. The number of carbonyl (C=O) groups excluding carboxylic acids is 1. The summed E-state index contributed by atoms with van der Waals surface area (Å²) in [6, 6.07) is 10.2. The second-order valence-electron chi connectivity index (χ2n) is 6.59. The van der Waals surface area contributed by atoms with E-state index in [0.717, 1.165) is 5.75 Å². The summed E-state index contributed by atoms with van der Waals surface area (Å²) in [5.74, 6) is 1.22. The fourth-order valence-electron chi connectivity index (χ4n) is 3.08. The quantitative estimate of drug-likeness (QED) is 0.738. The number of benzene rings is 1. The zero-order valence-electron chi connectivity index (χ0n) is 15.8. The summed E-state index contributed by atoms with van der Waals surface area (Å²) >= 11 is 1.19. The number of carbonyl (C=O) groups is 1. The first-order valence-electron chi connectivity index (χ1n) is 9.04. The van der Waals surface area contributed by atoms with E-state index in [2.05, 4.69) is 4.72 Å². The third kappa shape index (κ3) is 5.03. The second-order valence-corrected chi connectivity index (χ2v) is 9.48. The van der Waals surface area contributed by atoms with Crippen LogP contribution in [-0.2, 0) is 14.8 Å². The van der Waals surface area contributed by atoms with Crippen LogP contribution in [-0.4, -0.2) is 51.6 Å². The number of nitrogens with zero attached hydrogens (tertiary/aromatic N) is 1. The Morgan fingerprint density at radius 1 is 1.18 bits per heavy atom. The molecule has 0 saturated carbocycles. The topological polar surface area (TPSA) is 84.9 Å².